The Balaban J connectivity index is 1.79. The van der Waals surface area contributed by atoms with E-state index in [0.29, 0.717) is 25.9 Å². The molecule has 2 amide bonds. The van der Waals surface area contributed by atoms with Gasteiger partial charge in [0.05, 0.1) is 23.0 Å². The van der Waals surface area contributed by atoms with Gasteiger partial charge in [-0.2, -0.15) is 5.10 Å². The summed E-state index contributed by atoms with van der Waals surface area (Å²) in [6.45, 7) is 2.44. The van der Waals surface area contributed by atoms with Crippen LogP contribution >= 0.6 is 0 Å². The lowest BCUT2D eigenvalue weighted by atomic mass is 10.0. The Hall–Kier alpha value is -2.77. The highest BCUT2D eigenvalue weighted by molar-refractivity contribution is 5.99. The zero-order valence-electron chi connectivity index (χ0n) is 14.6. The van der Waals surface area contributed by atoms with Gasteiger partial charge in [0, 0.05) is 33.1 Å². The van der Waals surface area contributed by atoms with Crippen LogP contribution in [0.1, 0.15) is 30.1 Å². The zero-order valence-corrected chi connectivity index (χ0v) is 14.6. The average molecular weight is 362 g/mol. The highest BCUT2D eigenvalue weighted by Gasteiger charge is 2.29. The van der Waals surface area contributed by atoms with Gasteiger partial charge >= 0.3 is 0 Å². The number of amides is 2. The fourth-order valence-electron chi connectivity index (χ4n) is 3.26. The van der Waals surface area contributed by atoms with Crippen molar-refractivity contribution in [1.29, 1.82) is 0 Å². The molecule has 8 heteroatoms. The number of piperidine rings is 1. The number of carbonyl (C=O) groups excluding carboxylic acids is 2. The Labute approximate surface area is 149 Å². The van der Waals surface area contributed by atoms with E-state index in [9.17, 15) is 18.4 Å². The van der Waals surface area contributed by atoms with Crippen LogP contribution in [0, 0.1) is 11.6 Å². The molecule has 138 valence electrons. The molecule has 0 atom stereocenters. The third-order valence-corrected chi connectivity index (χ3v) is 4.88. The number of carbonyl (C=O) groups is 2. The molecule has 1 aromatic heterocycles. The van der Waals surface area contributed by atoms with E-state index in [2.05, 4.69) is 10.2 Å². The summed E-state index contributed by atoms with van der Waals surface area (Å²) in [4.78, 5) is 27.6. The second kappa shape index (κ2) is 7.23. The van der Waals surface area contributed by atoms with E-state index in [1.807, 2.05) is 0 Å². The maximum atomic E-state index is 14.1. The molecule has 0 spiro atoms. The molecule has 0 unspecified atom stereocenters. The van der Waals surface area contributed by atoms with Crippen molar-refractivity contribution in [3.63, 3.8) is 0 Å². The van der Waals surface area contributed by atoms with Crippen LogP contribution < -0.4 is 0 Å². The summed E-state index contributed by atoms with van der Waals surface area (Å²) in [6.07, 6.45) is 2.60. The molecule has 1 aliphatic heterocycles. The van der Waals surface area contributed by atoms with Crippen molar-refractivity contribution in [1.82, 2.24) is 20.0 Å². The van der Waals surface area contributed by atoms with Crippen LogP contribution in [0.3, 0.4) is 0 Å². The van der Waals surface area contributed by atoms with Gasteiger partial charge in [0.1, 0.15) is 11.6 Å². The minimum Gasteiger partial charge on any atom is -0.343 e. The van der Waals surface area contributed by atoms with Gasteiger partial charge in [0.15, 0.2) is 0 Å². The fourth-order valence-corrected chi connectivity index (χ4v) is 3.26. The van der Waals surface area contributed by atoms with Crippen LogP contribution in [0.4, 0.5) is 8.78 Å². The summed E-state index contributed by atoms with van der Waals surface area (Å²) in [7, 11) is 1.75. The molecule has 1 aromatic carbocycles. The summed E-state index contributed by atoms with van der Waals surface area (Å²) in [5.41, 5.74) is -0.125. The van der Waals surface area contributed by atoms with Crippen LogP contribution in [0.2, 0.25) is 0 Å². The van der Waals surface area contributed by atoms with Crippen molar-refractivity contribution in [2.75, 3.05) is 20.1 Å². The molecule has 0 saturated carbocycles. The van der Waals surface area contributed by atoms with E-state index in [-0.39, 0.29) is 34.7 Å². The molecule has 1 aliphatic rings. The number of benzene rings is 1. The van der Waals surface area contributed by atoms with Crippen molar-refractivity contribution >= 4 is 11.8 Å². The third-order valence-electron chi connectivity index (χ3n) is 4.88. The number of nitrogens with zero attached hydrogens (tertiary/aromatic N) is 3. The molecule has 1 saturated heterocycles. The number of rotatable bonds is 3. The van der Waals surface area contributed by atoms with E-state index in [1.54, 1.807) is 16.8 Å². The predicted octanol–water partition coefficient (Wildman–Crippen LogP) is 2.44. The van der Waals surface area contributed by atoms with Crippen LogP contribution in [-0.2, 0) is 4.79 Å². The van der Waals surface area contributed by atoms with Crippen molar-refractivity contribution < 1.29 is 18.4 Å². The number of halogens is 2. The Morgan fingerprint density at radius 3 is 2.42 bits per heavy atom. The first-order valence-electron chi connectivity index (χ1n) is 8.40. The molecule has 1 fully saturated rings. The molecule has 0 bridgehead atoms. The van der Waals surface area contributed by atoms with E-state index in [0.717, 1.165) is 12.1 Å². The topological polar surface area (TPSA) is 69.3 Å². The molecule has 3 rings (SSSR count). The second-order valence-corrected chi connectivity index (χ2v) is 6.41. The van der Waals surface area contributed by atoms with Gasteiger partial charge in [0.25, 0.3) is 5.91 Å². The number of likely N-dealkylation sites (tertiary alicyclic amines) is 1. The summed E-state index contributed by atoms with van der Waals surface area (Å²) >= 11 is 0. The molecule has 2 heterocycles. The van der Waals surface area contributed by atoms with Crippen molar-refractivity contribution in [2.45, 2.75) is 25.8 Å². The molecule has 1 N–H and O–H groups in total. The Bertz CT molecular complexity index is 808. The van der Waals surface area contributed by atoms with Gasteiger partial charge in [-0.25, -0.2) is 8.78 Å². The van der Waals surface area contributed by atoms with Gasteiger partial charge in [0.2, 0.25) is 5.91 Å². The molecule has 2 aromatic rings. The van der Waals surface area contributed by atoms with Crippen molar-refractivity contribution in [3.8, 4) is 11.3 Å². The third kappa shape index (κ3) is 3.31. The average Bonchev–Trinajstić information content (AvgIpc) is 3.09. The molecular weight excluding hydrogens is 342 g/mol. The van der Waals surface area contributed by atoms with Crippen LogP contribution in [0.5, 0.6) is 0 Å². The largest absolute Gasteiger partial charge is 0.343 e. The van der Waals surface area contributed by atoms with E-state index < -0.39 is 11.6 Å². The normalized spacial score (nSPS) is 15.2. The van der Waals surface area contributed by atoms with Crippen molar-refractivity contribution in [3.05, 3.63) is 41.6 Å². The lowest BCUT2D eigenvalue weighted by Gasteiger charge is -2.36. The lowest BCUT2D eigenvalue weighted by Crippen LogP contribution is -2.46. The second-order valence-electron chi connectivity index (χ2n) is 6.41. The number of aromatic nitrogens is 2. The summed E-state index contributed by atoms with van der Waals surface area (Å²) in [5, 5.41) is 6.34. The number of H-pyrrole nitrogens is 1. The van der Waals surface area contributed by atoms with Crippen LogP contribution in [-0.4, -0.2) is 58.0 Å². The van der Waals surface area contributed by atoms with Crippen LogP contribution in [0.15, 0.2) is 24.4 Å². The first-order chi connectivity index (χ1) is 12.4. The van der Waals surface area contributed by atoms with Crippen molar-refractivity contribution in [2.24, 2.45) is 0 Å². The van der Waals surface area contributed by atoms with Gasteiger partial charge in [-0.3, -0.25) is 14.7 Å². The number of nitrogens with one attached hydrogen (secondary N) is 1. The van der Waals surface area contributed by atoms with E-state index in [4.69, 9.17) is 0 Å². The zero-order chi connectivity index (χ0) is 18.8. The summed E-state index contributed by atoms with van der Waals surface area (Å²) < 4.78 is 28.1. The highest BCUT2D eigenvalue weighted by Crippen LogP contribution is 2.28. The smallest absolute Gasteiger partial charge is 0.257 e. The fraction of sp³-hybridized carbons (Fsp3) is 0.389. The first-order valence-corrected chi connectivity index (χ1v) is 8.40. The minimum absolute atomic E-state index is 0.0121. The maximum Gasteiger partial charge on any atom is 0.257 e. The first kappa shape index (κ1) is 18.0. The van der Waals surface area contributed by atoms with Crippen LogP contribution in [0.25, 0.3) is 11.3 Å². The standard InChI is InChI=1S/C18H20F2N4O2/c1-11(25)23(2)12-6-8-24(9-7-12)18(26)13-10-21-22-17(13)16-14(19)4-3-5-15(16)20/h3-5,10,12H,6-9H2,1-2H3,(H,21,22). The summed E-state index contributed by atoms with van der Waals surface area (Å²) in [6, 6.07) is 3.62. The van der Waals surface area contributed by atoms with Gasteiger partial charge < -0.3 is 9.80 Å². The van der Waals surface area contributed by atoms with E-state index >= 15 is 0 Å². The minimum atomic E-state index is -0.759. The number of hydrogen-bond donors (Lipinski definition) is 1. The molecule has 0 radical (unpaired) electrons. The molecule has 6 nitrogen and oxygen atoms in total. The maximum absolute atomic E-state index is 14.1. The van der Waals surface area contributed by atoms with Gasteiger partial charge in [-0.05, 0) is 25.0 Å². The summed E-state index contributed by atoms with van der Waals surface area (Å²) in [5.74, 6) is -1.86. The Kier molecular flexibility index (Phi) is 5.01. The van der Waals surface area contributed by atoms with Gasteiger partial charge in [-0.15, -0.1) is 0 Å². The molecule has 26 heavy (non-hydrogen) atoms. The quantitative estimate of drug-likeness (QED) is 0.912. The number of hydrogen-bond acceptors (Lipinski definition) is 3. The monoisotopic (exact) mass is 362 g/mol. The SMILES string of the molecule is CC(=O)N(C)C1CCN(C(=O)c2cn[nH]c2-c2c(F)cccc2F)CC1. The lowest BCUT2D eigenvalue weighted by molar-refractivity contribution is -0.130. The predicted molar refractivity (Wildman–Crippen MR) is 91.3 cm³/mol. The van der Waals surface area contributed by atoms with Gasteiger partial charge in [-0.1, -0.05) is 6.07 Å². The molecular formula is C18H20F2N4O2. The Morgan fingerprint density at radius 1 is 1.23 bits per heavy atom. The molecule has 0 aliphatic carbocycles. The highest BCUT2D eigenvalue weighted by atomic mass is 19.1. The van der Waals surface area contributed by atoms with E-state index in [1.165, 1.54) is 19.2 Å². The Morgan fingerprint density at radius 2 is 1.85 bits per heavy atom. The number of aromatic amines is 1.